The van der Waals surface area contributed by atoms with E-state index in [4.69, 9.17) is 4.84 Å². The Morgan fingerprint density at radius 2 is 2.27 bits per heavy atom. The first kappa shape index (κ1) is 12.4. The molecule has 1 aliphatic carbocycles. The maximum absolute atomic E-state index is 11.0. The summed E-state index contributed by atoms with van der Waals surface area (Å²) in [6, 6.07) is 0. The van der Waals surface area contributed by atoms with Gasteiger partial charge in [0.25, 0.3) is 0 Å². The third-order valence-corrected chi connectivity index (χ3v) is 3.20. The van der Waals surface area contributed by atoms with E-state index >= 15 is 0 Å². The summed E-state index contributed by atoms with van der Waals surface area (Å²) in [5, 5.41) is 3.95. The Balaban J connectivity index is 2.54. The quantitative estimate of drug-likeness (QED) is 0.729. The Morgan fingerprint density at radius 3 is 2.87 bits per heavy atom. The molecule has 88 valence electrons. The standard InChI is InChI=1S/C9H18N2O3S/c1-14-11-9-6-4-3-5-8(9)7-10-15(2,12)13/h8,10H,3-7H2,1-2H3/b11-9-/t8-/m1/s1. The first-order valence-electron chi connectivity index (χ1n) is 5.07. The molecule has 0 saturated heterocycles. The monoisotopic (exact) mass is 234 g/mol. The minimum atomic E-state index is -3.11. The first-order valence-corrected chi connectivity index (χ1v) is 6.96. The first-order chi connectivity index (χ1) is 7.03. The van der Waals surface area contributed by atoms with Gasteiger partial charge in [0.2, 0.25) is 10.0 Å². The largest absolute Gasteiger partial charge is 0.399 e. The smallest absolute Gasteiger partial charge is 0.208 e. The summed E-state index contributed by atoms with van der Waals surface area (Å²) in [4.78, 5) is 4.75. The maximum atomic E-state index is 11.0. The molecule has 1 saturated carbocycles. The van der Waals surface area contributed by atoms with Crippen molar-refractivity contribution in [3.8, 4) is 0 Å². The molecular formula is C9H18N2O3S. The molecule has 0 bridgehead atoms. The van der Waals surface area contributed by atoms with Crippen molar-refractivity contribution in [3.63, 3.8) is 0 Å². The van der Waals surface area contributed by atoms with E-state index in [9.17, 15) is 8.42 Å². The zero-order valence-corrected chi connectivity index (χ0v) is 10.0. The van der Waals surface area contributed by atoms with Gasteiger partial charge in [-0.1, -0.05) is 11.6 Å². The van der Waals surface area contributed by atoms with E-state index in [-0.39, 0.29) is 5.92 Å². The highest BCUT2D eigenvalue weighted by atomic mass is 32.2. The van der Waals surface area contributed by atoms with Crippen LogP contribution in [0.15, 0.2) is 5.16 Å². The number of nitrogens with zero attached hydrogens (tertiary/aromatic N) is 1. The predicted octanol–water partition coefficient (Wildman–Crippen LogP) is 0.728. The minimum Gasteiger partial charge on any atom is -0.399 e. The zero-order chi connectivity index (χ0) is 11.3. The van der Waals surface area contributed by atoms with Gasteiger partial charge in [0, 0.05) is 12.5 Å². The second kappa shape index (κ2) is 5.46. The topological polar surface area (TPSA) is 67.8 Å². The molecule has 1 fully saturated rings. The highest BCUT2D eigenvalue weighted by Crippen LogP contribution is 2.21. The maximum Gasteiger partial charge on any atom is 0.208 e. The van der Waals surface area contributed by atoms with Crippen LogP contribution in [0.25, 0.3) is 0 Å². The molecular weight excluding hydrogens is 216 g/mol. The van der Waals surface area contributed by atoms with E-state index in [1.165, 1.54) is 13.4 Å². The highest BCUT2D eigenvalue weighted by Gasteiger charge is 2.21. The zero-order valence-electron chi connectivity index (χ0n) is 9.19. The van der Waals surface area contributed by atoms with Crippen LogP contribution in [0.4, 0.5) is 0 Å². The van der Waals surface area contributed by atoms with Crippen LogP contribution >= 0.6 is 0 Å². The van der Waals surface area contributed by atoms with Crippen LogP contribution in [-0.2, 0) is 14.9 Å². The SMILES string of the molecule is CO/N=C1/CCCC[C@@H]1CNS(C)(=O)=O. The summed E-state index contributed by atoms with van der Waals surface area (Å²) < 4.78 is 24.4. The fourth-order valence-electron chi connectivity index (χ4n) is 1.78. The third kappa shape index (κ3) is 4.61. The molecule has 0 aliphatic heterocycles. The van der Waals surface area contributed by atoms with Crippen LogP contribution in [0.2, 0.25) is 0 Å². The fraction of sp³-hybridized carbons (Fsp3) is 0.889. The van der Waals surface area contributed by atoms with Crippen LogP contribution in [-0.4, -0.2) is 34.0 Å². The molecule has 0 aromatic heterocycles. The minimum absolute atomic E-state index is 0.188. The van der Waals surface area contributed by atoms with Crippen molar-refractivity contribution in [1.29, 1.82) is 0 Å². The molecule has 1 N–H and O–H groups in total. The second-order valence-corrected chi connectivity index (χ2v) is 5.66. The number of nitrogens with one attached hydrogen (secondary N) is 1. The molecule has 0 unspecified atom stereocenters. The molecule has 0 radical (unpaired) electrons. The second-order valence-electron chi connectivity index (χ2n) is 3.83. The van der Waals surface area contributed by atoms with Gasteiger partial charge in [-0.15, -0.1) is 0 Å². The molecule has 5 nitrogen and oxygen atoms in total. The van der Waals surface area contributed by atoms with Crippen molar-refractivity contribution in [2.24, 2.45) is 11.1 Å². The van der Waals surface area contributed by atoms with Crippen molar-refractivity contribution in [1.82, 2.24) is 4.72 Å². The Bertz CT molecular complexity index is 324. The van der Waals surface area contributed by atoms with E-state index in [0.717, 1.165) is 31.4 Å². The summed E-state index contributed by atoms with van der Waals surface area (Å²) in [5.41, 5.74) is 0.972. The van der Waals surface area contributed by atoms with Gasteiger partial charge >= 0.3 is 0 Å². The lowest BCUT2D eigenvalue weighted by Crippen LogP contribution is -2.34. The van der Waals surface area contributed by atoms with Gasteiger partial charge in [-0.2, -0.15) is 0 Å². The number of rotatable bonds is 4. The summed E-state index contributed by atoms with van der Waals surface area (Å²) >= 11 is 0. The van der Waals surface area contributed by atoms with Crippen LogP contribution in [0.5, 0.6) is 0 Å². The molecule has 0 amide bonds. The normalized spacial score (nSPS) is 25.5. The molecule has 1 rings (SSSR count). The predicted molar refractivity (Wildman–Crippen MR) is 59.2 cm³/mol. The Hall–Kier alpha value is -0.620. The van der Waals surface area contributed by atoms with E-state index in [1.54, 1.807) is 0 Å². The summed E-state index contributed by atoms with van der Waals surface area (Å²) in [7, 11) is -1.59. The summed E-state index contributed by atoms with van der Waals surface area (Å²) in [6.07, 6.45) is 5.29. The Kier molecular flexibility index (Phi) is 4.53. The van der Waals surface area contributed by atoms with Crippen LogP contribution in [0.1, 0.15) is 25.7 Å². The molecule has 1 atom stereocenters. The summed E-state index contributed by atoms with van der Waals surface area (Å²) in [6.45, 7) is 0.432. The Morgan fingerprint density at radius 1 is 1.53 bits per heavy atom. The van der Waals surface area contributed by atoms with Crippen molar-refractivity contribution in [2.45, 2.75) is 25.7 Å². The molecule has 15 heavy (non-hydrogen) atoms. The summed E-state index contributed by atoms with van der Waals surface area (Å²) in [5.74, 6) is 0.188. The molecule has 6 heteroatoms. The van der Waals surface area contributed by atoms with Gasteiger partial charge < -0.3 is 4.84 Å². The lowest BCUT2D eigenvalue weighted by atomic mass is 9.87. The van der Waals surface area contributed by atoms with Crippen molar-refractivity contribution in [2.75, 3.05) is 19.9 Å². The van der Waals surface area contributed by atoms with Crippen LogP contribution in [0, 0.1) is 5.92 Å². The molecule has 0 aromatic rings. The average Bonchev–Trinajstić information content (AvgIpc) is 2.16. The van der Waals surface area contributed by atoms with Gasteiger partial charge in [-0.05, 0) is 19.3 Å². The fourth-order valence-corrected chi connectivity index (χ4v) is 2.28. The number of oxime groups is 1. The van der Waals surface area contributed by atoms with Crippen molar-refractivity contribution in [3.05, 3.63) is 0 Å². The van der Waals surface area contributed by atoms with Gasteiger partial charge in [-0.25, -0.2) is 13.1 Å². The van der Waals surface area contributed by atoms with E-state index < -0.39 is 10.0 Å². The molecule has 0 aromatic carbocycles. The number of hydrogen-bond donors (Lipinski definition) is 1. The van der Waals surface area contributed by atoms with Gasteiger partial charge in [0.15, 0.2) is 0 Å². The van der Waals surface area contributed by atoms with Crippen LogP contribution < -0.4 is 4.72 Å². The highest BCUT2D eigenvalue weighted by molar-refractivity contribution is 7.88. The number of sulfonamides is 1. The van der Waals surface area contributed by atoms with E-state index in [0.29, 0.717) is 6.54 Å². The molecule has 0 spiro atoms. The van der Waals surface area contributed by atoms with Crippen molar-refractivity contribution >= 4 is 15.7 Å². The average molecular weight is 234 g/mol. The van der Waals surface area contributed by atoms with Crippen LogP contribution in [0.3, 0.4) is 0 Å². The van der Waals surface area contributed by atoms with Gasteiger partial charge in [0.1, 0.15) is 7.11 Å². The van der Waals surface area contributed by atoms with Gasteiger partial charge in [-0.3, -0.25) is 0 Å². The lowest BCUT2D eigenvalue weighted by Gasteiger charge is -2.23. The van der Waals surface area contributed by atoms with E-state index in [1.807, 2.05) is 0 Å². The molecule has 0 heterocycles. The Labute approximate surface area is 90.9 Å². The third-order valence-electron chi connectivity index (χ3n) is 2.51. The van der Waals surface area contributed by atoms with Gasteiger partial charge in [0.05, 0.1) is 12.0 Å². The molecule has 1 aliphatic rings. The van der Waals surface area contributed by atoms with Crippen molar-refractivity contribution < 1.29 is 13.3 Å². The lowest BCUT2D eigenvalue weighted by molar-refractivity contribution is 0.208. The van der Waals surface area contributed by atoms with E-state index in [2.05, 4.69) is 9.88 Å². The number of hydrogen-bond acceptors (Lipinski definition) is 4.